The van der Waals surface area contributed by atoms with Crippen LogP contribution in [0.3, 0.4) is 0 Å². The van der Waals surface area contributed by atoms with Crippen LogP contribution in [-0.4, -0.2) is 32.2 Å². The number of methoxy groups -OCH3 is 1. The van der Waals surface area contributed by atoms with Crippen molar-refractivity contribution in [1.82, 2.24) is 5.32 Å². The number of rotatable bonds is 3. The number of Topliss-reactive ketones (excluding diaryl/α,β-unsaturated/α-hetero) is 1. The fourth-order valence-corrected chi connectivity index (χ4v) is 2.98. The molecule has 2 aromatic rings. The van der Waals surface area contributed by atoms with E-state index in [-0.39, 0.29) is 17.9 Å². The highest BCUT2D eigenvalue weighted by Crippen LogP contribution is 2.30. The Morgan fingerprint density at radius 2 is 2.08 bits per heavy atom. The number of hydrogen-bond acceptors (Lipinski definition) is 4. The van der Waals surface area contributed by atoms with Gasteiger partial charge in [-0.15, -0.1) is 0 Å². The molecule has 0 atom stereocenters. The number of halogens is 2. The summed E-state index contributed by atoms with van der Waals surface area (Å²) in [5.41, 5.74) is 1.96. The molecule has 2 aromatic carbocycles. The molecule has 0 spiro atoms. The molecular formula is C19H16ClFN2O2. The molecule has 0 aliphatic carbocycles. The van der Waals surface area contributed by atoms with Crippen LogP contribution in [0.2, 0.25) is 5.02 Å². The molecule has 0 amide bonds. The Labute approximate surface area is 150 Å². The van der Waals surface area contributed by atoms with Crippen molar-refractivity contribution in [2.24, 2.45) is 4.99 Å². The summed E-state index contributed by atoms with van der Waals surface area (Å²) in [6.45, 7) is 0.124. The Morgan fingerprint density at radius 3 is 2.80 bits per heavy atom. The Hall–Kier alpha value is -2.66. The molecule has 0 fully saturated rings. The highest BCUT2D eigenvalue weighted by atomic mass is 35.5. The van der Waals surface area contributed by atoms with E-state index in [4.69, 9.17) is 16.3 Å². The van der Waals surface area contributed by atoms with Crippen molar-refractivity contribution in [3.63, 3.8) is 0 Å². The predicted molar refractivity (Wildman–Crippen MR) is 96.4 cm³/mol. The molecule has 0 radical (unpaired) electrons. The number of benzene rings is 2. The fraction of sp³-hybridized carbons (Fsp3) is 0.158. The van der Waals surface area contributed by atoms with Crippen LogP contribution in [0, 0.1) is 5.82 Å². The number of nitrogens with one attached hydrogen (secondary N) is 1. The number of ketones is 1. The molecule has 1 aliphatic heterocycles. The number of aliphatic imine (C=N–C) groups is 1. The van der Waals surface area contributed by atoms with E-state index in [0.717, 1.165) is 0 Å². The normalized spacial score (nSPS) is 15.4. The monoisotopic (exact) mass is 358 g/mol. The third kappa shape index (κ3) is 3.15. The first-order valence-corrected chi connectivity index (χ1v) is 8.03. The molecule has 0 saturated carbocycles. The summed E-state index contributed by atoms with van der Waals surface area (Å²) in [4.78, 5) is 17.3. The maximum absolute atomic E-state index is 14.6. The van der Waals surface area contributed by atoms with Gasteiger partial charge in [-0.05, 0) is 30.3 Å². The SMILES string of the molecule is CN/C=C1\CN=C(c2c(F)cccc2OC)c2cc(Cl)ccc2C1=O. The minimum absolute atomic E-state index is 0.124. The Morgan fingerprint density at radius 1 is 1.28 bits per heavy atom. The van der Waals surface area contributed by atoms with Gasteiger partial charge in [0.25, 0.3) is 0 Å². The zero-order valence-electron chi connectivity index (χ0n) is 13.8. The lowest BCUT2D eigenvalue weighted by molar-refractivity contribution is 0.103. The average Bonchev–Trinajstić information content (AvgIpc) is 2.73. The molecule has 4 nitrogen and oxygen atoms in total. The van der Waals surface area contributed by atoms with Crippen LogP contribution in [0.1, 0.15) is 21.5 Å². The Bertz CT molecular complexity index is 906. The molecular weight excluding hydrogens is 343 g/mol. The molecule has 6 heteroatoms. The van der Waals surface area contributed by atoms with Crippen molar-refractivity contribution in [2.45, 2.75) is 0 Å². The van der Waals surface area contributed by atoms with E-state index in [2.05, 4.69) is 10.3 Å². The minimum Gasteiger partial charge on any atom is -0.496 e. The third-order valence-corrected chi connectivity index (χ3v) is 4.17. The largest absolute Gasteiger partial charge is 0.496 e. The van der Waals surface area contributed by atoms with Crippen molar-refractivity contribution >= 4 is 23.1 Å². The van der Waals surface area contributed by atoms with E-state index in [1.54, 1.807) is 43.6 Å². The second-order valence-electron chi connectivity index (χ2n) is 5.46. The van der Waals surface area contributed by atoms with E-state index in [0.29, 0.717) is 33.2 Å². The van der Waals surface area contributed by atoms with Crippen LogP contribution in [-0.2, 0) is 0 Å². The number of nitrogens with zero attached hydrogens (tertiary/aromatic N) is 1. The number of hydrogen-bond donors (Lipinski definition) is 1. The van der Waals surface area contributed by atoms with Gasteiger partial charge in [-0.25, -0.2) is 4.39 Å². The van der Waals surface area contributed by atoms with Crippen molar-refractivity contribution in [2.75, 3.05) is 20.7 Å². The predicted octanol–water partition coefficient (Wildman–Crippen LogP) is 3.62. The van der Waals surface area contributed by atoms with Crippen molar-refractivity contribution in [3.8, 4) is 5.75 Å². The summed E-state index contributed by atoms with van der Waals surface area (Å²) in [5.74, 6) is -0.300. The minimum atomic E-state index is -0.475. The second kappa shape index (κ2) is 7.07. The Balaban J connectivity index is 2.31. The molecule has 1 N–H and O–H groups in total. The maximum atomic E-state index is 14.6. The van der Waals surface area contributed by atoms with Crippen LogP contribution in [0.15, 0.2) is 53.2 Å². The van der Waals surface area contributed by atoms with Crippen LogP contribution in [0.4, 0.5) is 4.39 Å². The van der Waals surface area contributed by atoms with Crippen LogP contribution in [0.5, 0.6) is 5.75 Å². The van der Waals surface area contributed by atoms with Gasteiger partial charge in [0.1, 0.15) is 11.6 Å². The summed E-state index contributed by atoms with van der Waals surface area (Å²) >= 11 is 6.12. The molecule has 1 heterocycles. The molecule has 0 bridgehead atoms. The zero-order chi connectivity index (χ0) is 18.0. The van der Waals surface area contributed by atoms with E-state index in [1.807, 2.05) is 0 Å². The summed E-state index contributed by atoms with van der Waals surface area (Å²) in [6, 6.07) is 9.45. The molecule has 0 aromatic heterocycles. The van der Waals surface area contributed by atoms with Crippen molar-refractivity contribution in [1.29, 1.82) is 0 Å². The smallest absolute Gasteiger partial charge is 0.193 e. The number of carbonyl (C=O) groups is 1. The molecule has 25 heavy (non-hydrogen) atoms. The van der Waals surface area contributed by atoms with Gasteiger partial charge in [-0.2, -0.15) is 0 Å². The van der Waals surface area contributed by atoms with Gasteiger partial charge in [-0.1, -0.05) is 17.7 Å². The van der Waals surface area contributed by atoms with E-state index in [9.17, 15) is 9.18 Å². The van der Waals surface area contributed by atoms with Crippen molar-refractivity contribution < 1.29 is 13.9 Å². The first kappa shape index (κ1) is 17.2. The summed E-state index contributed by atoms with van der Waals surface area (Å²) in [5, 5.41) is 3.29. The van der Waals surface area contributed by atoms with Gasteiger partial charge in [0.05, 0.1) is 24.9 Å². The van der Waals surface area contributed by atoms with E-state index in [1.165, 1.54) is 13.2 Å². The second-order valence-corrected chi connectivity index (χ2v) is 5.90. The van der Waals surface area contributed by atoms with Gasteiger partial charge >= 0.3 is 0 Å². The first-order chi connectivity index (χ1) is 12.1. The number of fused-ring (bicyclic) bond motifs is 1. The first-order valence-electron chi connectivity index (χ1n) is 7.65. The topological polar surface area (TPSA) is 50.7 Å². The van der Waals surface area contributed by atoms with Crippen LogP contribution < -0.4 is 10.1 Å². The lowest BCUT2D eigenvalue weighted by Gasteiger charge is -2.13. The van der Waals surface area contributed by atoms with Gasteiger partial charge in [0.2, 0.25) is 0 Å². The standard InChI is InChI=1S/C19H16ClFN2O2/c1-22-9-11-10-23-18(17-15(21)4-3-5-16(17)25-2)14-8-12(20)6-7-13(14)19(11)24/h3-9,22H,10H2,1-2H3/b11-9+. The summed E-state index contributed by atoms with van der Waals surface area (Å²) < 4.78 is 19.9. The molecule has 1 aliphatic rings. The summed E-state index contributed by atoms with van der Waals surface area (Å²) in [6.07, 6.45) is 1.60. The molecule has 0 saturated heterocycles. The molecule has 3 rings (SSSR count). The summed E-state index contributed by atoms with van der Waals surface area (Å²) in [7, 11) is 3.17. The van der Waals surface area contributed by atoms with Gasteiger partial charge in [-0.3, -0.25) is 9.79 Å². The van der Waals surface area contributed by atoms with Crippen LogP contribution in [0.25, 0.3) is 0 Å². The lowest BCUT2D eigenvalue weighted by atomic mass is 9.93. The third-order valence-electron chi connectivity index (χ3n) is 3.93. The quantitative estimate of drug-likeness (QED) is 0.852. The fourth-order valence-electron chi connectivity index (χ4n) is 2.81. The Kier molecular flexibility index (Phi) is 4.86. The molecule has 128 valence electrons. The maximum Gasteiger partial charge on any atom is 0.193 e. The number of carbonyl (C=O) groups excluding carboxylic acids is 1. The van der Waals surface area contributed by atoms with Gasteiger partial charge in [0.15, 0.2) is 5.78 Å². The van der Waals surface area contributed by atoms with Gasteiger partial charge < -0.3 is 10.1 Å². The number of ether oxygens (including phenoxy) is 1. The zero-order valence-corrected chi connectivity index (χ0v) is 14.5. The average molecular weight is 359 g/mol. The highest BCUT2D eigenvalue weighted by molar-refractivity contribution is 6.32. The lowest BCUT2D eigenvalue weighted by Crippen LogP contribution is -2.12. The van der Waals surface area contributed by atoms with Crippen LogP contribution >= 0.6 is 11.6 Å². The van der Waals surface area contributed by atoms with E-state index >= 15 is 0 Å². The molecule has 0 unspecified atom stereocenters. The van der Waals surface area contributed by atoms with Gasteiger partial charge in [0, 0.05) is 35.0 Å². The highest BCUT2D eigenvalue weighted by Gasteiger charge is 2.27. The van der Waals surface area contributed by atoms with Crippen molar-refractivity contribution in [3.05, 3.63) is 75.7 Å². The van der Waals surface area contributed by atoms with E-state index < -0.39 is 5.82 Å².